The first-order chi connectivity index (χ1) is 15.8. The Morgan fingerprint density at radius 3 is 2.48 bits per heavy atom. The number of nitrogens with one attached hydrogen (secondary N) is 2. The minimum Gasteiger partial charge on any atom is -0.481 e. The average Bonchev–Trinajstić information content (AvgIpc) is 3.14. The van der Waals surface area contributed by atoms with Crippen molar-refractivity contribution >= 4 is 28.9 Å². The maximum atomic E-state index is 13.6. The summed E-state index contributed by atoms with van der Waals surface area (Å²) >= 11 is 0. The lowest BCUT2D eigenvalue weighted by Crippen LogP contribution is -2.62. The molecule has 8 nitrogen and oxygen atoms in total. The number of benzene rings is 2. The van der Waals surface area contributed by atoms with E-state index in [0.29, 0.717) is 6.42 Å². The Labute approximate surface area is 191 Å². The Kier molecular flexibility index (Phi) is 6.09. The van der Waals surface area contributed by atoms with E-state index in [-0.39, 0.29) is 25.8 Å². The topological polar surface area (TPSA) is 123 Å². The van der Waals surface area contributed by atoms with Gasteiger partial charge < -0.3 is 20.5 Å². The molecule has 2 atom stereocenters. The van der Waals surface area contributed by atoms with E-state index in [0.717, 1.165) is 32.6 Å². The van der Waals surface area contributed by atoms with Gasteiger partial charge in [0.2, 0.25) is 5.91 Å². The quantitative estimate of drug-likeness (QED) is 0.439. The third-order valence-corrected chi connectivity index (χ3v) is 6.42. The van der Waals surface area contributed by atoms with Gasteiger partial charge in [0, 0.05) is 35.5 Å². The highest BCUT2D eigenvalue weighted by Crippen LogP contribution is 2.36. The number of carboxylic acid groups (broad SMARTS) is 2. The van der Waals surface area contributed by atoms with E-state index in [2.05, 4.69) is 10.3 Å². The molecule has 1 aliphatic rings. The molecule has 4 N–H and O–H groups in total. The van der Waals surface area contributed by atoms with Crippen LogP contribution < -0.4 is 5.32 Å². The number of rotatable bonds is 7. The van der Waals surface area contributed by atoms with Crippen LogP contribution in [0.2, 0.25) is 0 Å². The molecule has 4 rings (SSSR count). The van der Waals surface area contributed by atoms with Crippen LogP contribution in [0.3, 0.4) is 0 Å². The Hall–Kier alpha value is -3.81. The fourth-order valence-electron chi connectivity index (χ4n) is 4.61. The van der Waals surface area contributed by atoms with Crippen molar-refractivity contribution in [2.75, 3.05) is 0 Å². The molecule has 2 aromatic carbocycles. The van der Waals surface area contributed by atoms with E-state index in [1.165, 1.54) is 0 Å². The fourth-order valence-corrected chi connectivity index (χ4v) is 4.61. The van der Waals surface area contributed by atoms with Gasteiger partial charge in [0.1, 0.15) is 5.54 Å². The summed E-state index contributed by atoms with van der Waals surface area (Å²) in [6, 6.07) is 16.8. The molecule has 172 valence electrons. The summed E-state index contributed by atoms with van der Waals surface area (Å²) in [7, 11) is 0. The normalized spacial score (nSPS) is 18.5. The second-order valence-electron chi connectivity index (χ2n) is 8.74. The predicted molar refractivity (Wildman–Crippen MR) is 123 cm³/mol. The second-order valence-corrected chi connectivity index (χ2v) is 8.74. The van der Waals surface area contributed by atoms with Crippen molar-refractivity contribution in [3.05, 3.63) is 71.4 Å². The summed E-state index contributed by atoms with van der Waals surface area (Å²) in [5.41, 5.74) is 2.26. The third kappa shape index (κ3) is 4.55. The number of H-pyrrole nitrogens is 1. The minimum atomic E-state index is -1.33. The molecular formula is C25H27N3O5. The van der Waals surface area contributed by atoms with E-state index < -0.39 is 29.6 Å². The number of aliphatic carboxylic acids is 1. The molecule has 0 spiro atoms. The van der Waals surface area contributed by atoms with E-state index in [1.54, 1.807) is 6.92 Å². The van der Waals surface area contributed by atoms with Crippen molar-refractivity contribution in [1.82, 2.24) is 15.2 Å². The standard InChI is InChI=1S/C25H27N3O5/c1-25(23(31)26-17(11-12-22(29)30)13-16-7-3-2-4-8-16)14-19-18-9-5-6-10-20(18)27-21(19)15-28(25)24(32)33/h2-10,17,27H,11-15H2,1H3,(H,26,31)(H,29,30)(H,32,33). The number of fused-ring (bicyclic) bond motifs is 3. The number of aromatic amines is 1. The molecule has 0 aliphatic carbocycles. The maximum absolute atomic E-state index is 13.6. The monoisotopic (exact) mass is 449 g/mol. The first-order valence-electron chi connectivity index (χ1n) is 10.9. The Morgan fingerprint density at radius 1 is 1.09 bits per heavy atom. The molecule has 8 heteroatoms. The lowest BCUT2D eigenvalue weighted by Gasteiger charge is -2.42. The van der Waals surface area contributed by atoms with Gasteiger partial charge in [0.15, 0.2) is 0 Å². The summed E-state index contributed by atoms with van der Waals surface area (Å²) in [5.74, 6) is -1.37. The van der Waals surface area contributed by atoms with E-state index in [9.17, 15) is 19.5 Å². The van der Waals surface area contributed by atoms with Crippen molar-refractivity contribution in [3.8, 4) is 0 Å². The largest absolute Gasteiger partial charge is 0.481 e. The van der Waals surface area contributed by atoms with Gasteiger partial charge in [0.05, 0.1) is 6.54 Å². The first-order valence-corrected chi connectivity index (χ1v) is 10.9. The smallest absolute Gasteiger partial charge is 0.408 e. The average molecular weight is 450 g/mol. The van der Waals surface area contributed by atoms with Crippen LogP contribution in [0, 0.1) is 0 Å². The maximum Gasteiger partial charge on any atom is 0.408 e. The lowest BCUT2D eigenvalue weighted by atomic mass is 9.84. The summed E-state index contributed by atoms with van der Waals surface area (Å²) in [6.45, 7) is 1.71. The van der Waals surface area contributed by atoms with Crippen molar-refractivity contribution in [1.29, 1.82) is 0 Å². The van der Waals surface area contributed by atoms with Gasteiger partial charge in [-0.3, -0.25) is 14.5 Å². The zero-order valence-corrected chi connectivity index (χ0v) is 18.4. The van der Waals surface area contributed by atoms with E-state index in [4.69, 9.17) is 5.11 Å². The Bertz CT molecular complexity index is 1190. The molecule has 0 bridgehead atoms. The van der Waals surface area contributed by atoms with Gasteiger partial charge in [-0.2, -0.15) is 0 Å². The van der Waals surface area contributed by atoms with Crippen molar-refractivity contribution in [2.45, 2.75) is 50.7 Å². The van der Waals surface area contributed by atoms with Crippen LogP contribution in [0.15, 0.2) is 54.6 Å². The fraction of sp³-hybridized carbons (Fsp3) is 0.320. The van der Waals surface area contributed by atoms with Gasteiger partial charge in [-0.15, -0.1) is 0 Å². The highest BCUT2D eigenvalue weighted by atomic mass is 16.4. The van der Waals surface area contributed by atoms with Gasteiger partial charge in [-0.05, 0) is 37.0 Å². The zero-order chi connectivity index (χ0) is 23.6. The number of carbonyl (C=O) groups is 3. The number of carboxylic acids is 1. The van der Waals surface area contributed by atoms with Crippen molar-refractivity contribution < 1.29 is 24.6 Å². The summed E-state index contributed by atoms with van der Waals surface area (Å²) in [5, 5.41) is 23.0. The lowest BCUT2D eigenvalue weighted by molar-refractivity contribution is -0.138. The molecule has 0 fully saturated rings. The molecular weight excluding hydrogens is 422 g/mol. The van der Waals surface area contributed by atoms with Crippen LogP contribution in [0.4, 0.5) is 4.79 Å². The summed E-state index contributed by atoms with van der Waals surface area (Å²) < 4.78 is 0. The number of amides is 2. The van der Waals surface area contributed by atoms with Crippen LogP contribution in [0.5, 0.6) is 0 Å². The predicted octanol–water partition coefficient (Wildman–Crippen LogP) is 3.56. The van der Waals surface area contributed by atoms with Crippen molar-refractivity contribution in [3.63, 3.8) is 0 Å². The highest BCUT2D eigenvalue weighted by Gasteiger charge is 2.47. The molecule has 3 aromatic rings. The summed E-state index contributed by atoms with van der Waals surface area (Å²) in [4.78, 5) is 41.3. The van der Waals surface area contributed by atoms with Gasteiger partial charge in [-0.1, -0.05) is 48.5 Å². The molecule has 0 saturated heterocycles. The number of hydrogen-bond donors (Lipinski definition) is 4. The Morgan fingerprint density at radius 2 is 1.79 bits per heavy atom. The van der Waals surface area contributed by atoms with Gasteiger partial charge in [0.25, 0.3) is 0 Å². The third-order valence-electron chi connectivity index (χ3n) is 6.42. The molecule has 2 heterocycles. The number of carbonyl (C=O) groups excluding carboxylic acids is 1. The van der Waals surface area contributed by atoms with Gasteiger partial charge >= 0.3 is 12.1 Å². The number of para-hydroxylation sites is 1. The molecule has 0 radical (unpaired) electrons. The number of aromatic nitrogens is 1. The second kappa shape index (κ2) is 8.97. The molecule has 33 heavy (non-hydrogen) atoms. The highest BCUT2D eigenvalue weighted by molar-refractivity contribution is 5.93. The van der Waals surface area contributed by atoms with Crippen LogP contribution >= 0.6 is 0 Å². The van der Waals surface area contributed by atoms with E-state index >= 15 is 0 Å². The minimum absolute atomic E-state index is 0.0712. The molecule has 1 aromatic heterocycles. The number of nitrogens with zero attached hydrogens (tertiary/aromatic N) is 1. The number of hydrogen-bond acceptors (Lipinski definition) is 3. The van der Waals surface area contributed by atoms with Crippen LogP contribution in [-0.2, 0) is 29.0 Å². The van der Waals surface area contributed by atoms with Gasteiger partial charge in [-0.25, -0.2) is 4.79 Å². The molecule has 0 saturated carbocycles. The molecule has 2 amide bonds. The zero-order valence-electron chi connectivity index (χ0n) is 18.4. The van der Waals surface area contributed by atoms with Crippen LogP contribution in [0.25, 0.3) is 10.9 Å². The molecule has 1 aliphatic heterocycles. The molecule has 2 unspecified atom stereocenters. The van der Waals surface area contributed by atoms with Crippen molar-refractivity contribution in [2.24, 2.45) is 0 Å². The first kappa shape index (κ1) is 22.4. The van der Waals surface area contributed by atoms with Crippen LogP contribution in [0.1, 0.15) is 36.6 Å². The van der Waals surface area contributed by atoms with E-state index in [1.807, 2.05) is 54.6 Å². The SMILES string of the molecule is CC1(C(=O)NC(CCC(=O)O)Cc2ccccc2)Cc2c([nH]c3ccccc23)CN1C(=O)O. The Balaban J connectivity index is 1.62. The summed E-state index contributed by atoms with van der Waals surface area (Å²) in [6.07, 6.45) is -0.341. The van der Waals surface area contributed by atoms with Crippen LogP contribution in [-0.4, -0.2) is 49.6 Å².